The van der Waals surface area contributed by atoms with E-state index in [1.165, 1.54) is 6.92 Å². The van der Waals surface area contributed by atoms with Crippen molar-refractivity contribution in [2.24, 2.45) is 0 Å². The zero-order chi connectivity index (χ0) is 22.7. The smallest absolute Gasteiger partial charge is 0.308 e. The second-order valence-corrected chi connectivity index (χ2v) is 8.15. The number of aromatic nitrogens is 1. The summed E-state index contributed by atoms with van der Waals surface area (Å²) in [4.78, 5) is 16.2. The number of hydrogen-bond acceptors (Lipinski definition) is 5. The van der Waals surface area contributed by atoms with Crippen LogP contribution in [-0.4, -0.2) is 11.0 Å². The van der Waals surface area contributed by atoms with Crippen molar-refractivity contribution >= 4 is 63.0 Å². The van der Waals surface area contributed by atoms with E-state index in [1.807, 2.05) is 24.3 Å². The monoisotopic (exact) mass is 486 g/mol. The van der Waals surface area contributed by atoms with Crippen LogP contribution in [0.15, 0.2) is 66.7 Å². The van der Waals surface area contributed by atoms with Gasteiger partial charge in [0, 0.05) is 23.4 Å². The van der Waals surface area contributed by atoms with E-state index in [0.717, 1.165) is 16.6 Å². The summed E-state index contributed by atoms with van der Waals surface area (Å²) in [6, 6.07) is 19.6. The SMILES string of the molecule is CC(=O)Oc1cc(OCc2ccc3ccc(Cl)cc3n2)ccc1Nc1c(Cl)cccc1Cl. The van der Waals surface area contributed by atoms with Crippen LogP contribution >= 0.6 is 34.8 Å². The molecule has 0 aliphatic carbocycles. The van der Waals surface area contributed by atoms with E-state index in [4.69, 9.17) is 44.3 Å². The largest absolute Gasteiger partial charge is 0.487 e. The highest BCUT2D eigenvalue weighted by Crippen LogP contribution is 2.37. The van der Waals surface area contributed by atoms with Gasteiger partial charge in [-0.25, -0.2) is 4.98 Å². The van der Waals surface area contributed by atoms with E-state index < -0.39 is 5.97 Å². The molecule has 1 heterocycles. The fraction of sp³-hybridized carbons (Fsp3) is 0.0833. The highest BCUT2D eigenvalue weighted by Gasteiger charge is 2.13. The molecule has 1 N–H and O–H groups in total. The van der Waals surface area contributed by atoms with Crippen molar-refractivity contribution in [2.75, 3.05) is 5.32 Å². The van der Waals surface area contributed by atoms with Crippen molar-refractivity contribution in [3.63, 3.8) is 0 Å². The number of carbonyl (C=O) groups is 1. The molecule has 0 aliphatic heterocycles. The Hall–Kier alpha value is -2.99. The van der Waals surface area contributed by atoms with Crippen LogP contribution in [0, 0.1) is 0 Å². The Morgan fingerprint density at radius 1 is 0.969 bits per heavy atom. The Kier molecular flexibility index (Phi) is 6.70. The second kappa shape index (κ2) is 9.65. The summed E-state index contributed by atoms with van der Waals surface area (Å²) in [5.41, 5.74) is 2.55. The van der Waals surface area contributed by atoms with Crippen molar-refractivity contribution in [1.29, 1.82) is 0 Å². The molecular weight excluding hydrogens is 471 g/mol. The second-order valence-electron chi connectivity index (χ2n) is 6.90. The molecule has 3 aromatic carbocycles. The number of pyridine rings is 1. The zero-order valence-corrected chi connectivity index (χ0v) is 19.1. The third-order valence-corrected chi connectivity index (χ3v) is 5.39. The molecule has 0 aliphatic rings. The predicted molar refractivity (Wildman–Crippen MR) is 129 cm³/mol. The minimum Gasteiger partial charge on any atom is -0.487 e. The van der Waals surface area contributed by atoms with E-state index in [1.54, 1.807) is 42.5 Å². The molecule has 8 heteroatoms. The Morgan fingerprint density at radius 2 is 1.72 bits per heavy atom. The quantitative estimate of drug-likeness (QED) is 0.226. The Morgan fingerprint density at radius 3 is 2.47 bits per heavy atom. The minimum atomic E-state index is -0.469. The molecule has 0 spiro atoms. The molecule has 4 rings (SSSR count). The molecule has 162 valence electrons. The standard InChI is InChI=1S/C24H17Cl3N2O3/c1-14(30)32-23-12-18(9-10-21(23)29-24-19(26)3-2-4-20(24)27)31-13-17-8-6-15-5-7-16(25)11-22(15)28-17/h2-12,29H,13H2,1H3. The van der Waals surface area contributed by atoms with Gasteiger partial charge in [-0.05, 0) is 42.5 Å². The highest BCUT2D eigenvalue weighted by atomic mass is 35.5. The lowest BCUT2D eigenvalue weighted by molar-refractivity contribution is -0.131. The molecule has 0 radical (unpaired) electrons. The summed E-state index contributed by atoms with van der Waals surface area (Å²) in [7, 11) is 0. The number of carbonyl (C=O) groups excluding carboxylic acids is 1. The summed E-state index contributed by atoms with van der Waals surface area (Å²) in [6.45, 7) is 1.55. The van der Waals surface area contributed by atoms with E-state index in [2.05, 4.69) is 10.3 Å². The van der Waals surface area contributed by atoms with E-state index in [0.29, 0.717) is 32.2 Å². The van der Waals surface area contributed by atoms with E-state index in [9.17, 15) is 4.79 Å². The minimum absolute atomic E-state index is 0.227. The number of anilines is 2. The molecular formula is C24H17Cl3N2O3. The number of fused-ring (bicyclic) bond motifs is 1. The van der Waals surface area contributed by atoms with Gasteiger partial charge in [0.25, 0.3) is 0 Å². The van der Waals surface area contributed by atoms with E-state index in [-0.39, 0.29) is 12.4 Å². The summed E-state index contributed by atoms with van der Waals surface area (Å²) < 4.78 is 11.2. The van der Waals surface area contributed by atoms with Crippen LogP contribution in [-0.2, 0) is 11.4 Å². The maximum atomic E-state index is 11.6. The molecule has 0 amide bonds. The summed E-state index contributed by atoms with van der Waals surface area (Å²) in [5.74, 6) is 0.317. The van der Waals surface area contributed by atoms with Crippen LogP contribution in [0.25, 0.3) is 10.9 Å². The van der Waals surface area contributed by atoms with Crippen molar-refractivity contribution in [1.82, 2.24) is 4.98 Å². The number of hydrogen-bond donors (Lipinski definition) is 1. The molecule has 5 nitrogen and oxygen atoms in total. The van der Waals surface area contributed by atoms with Gasteiger partial charge in [-0.1, -0.05) is 53.0 Å². The molecule has 1 aromatic heterocycles. The van der Waals surface area contributed by atoms with Crippen LogP contribution in [0.4, 0.5) is 11.4 Å². The molecule has 0 saturated heterocycles. The lowest BCUT2D eigenvalue weighted by atomic mass is 10.2. The maximum Gasteiger partial charge on any atom is 0.308 e. The average Bonchev–Trinajstić information content (AvgIpc) is 2.75. The molecule has 32 heavy (non-hydrogen) atoms. The van der Waals surface area contributed by atoms with Gasteiger partial charge < -0.3 is 14.8 Å². The van der Waals surface area contributed by atoms with Crippen LogP contribution in [0.5, 0.6) is 11.5 Å². The molecule has 4 aromatic rings. The Balaban J connectivity index is 1.56. The number of benzene rings is 3. The lowest BCUT2D eigenvalue weighted by Gasteiger charge is -2.15. The molecule has 0 fully saturated rings. The number of para-hydroxylation sites is 1. The van der Waals surface area contributed by atoms with E-state index >= 15 is 0 Å². The van der Waals surface area contributed by atoms with Gasteiger partial charge in [-0.2, -0.15) is 0 Å². The molecule has 0 bridgehead atoms. The Bertz CT molecular complexity index is 1290. The zero-order valence-electron chi connectivity index (χ0n) is 16.9. The number of halogens is 3. The highest BCUT2D eigenvalue weighted by molar-refractivity contribution is 6.39. The van der Waals surface area contributed by atoms with Crippen molar-refractivity contribution in [3.8, 4) is 11.5 Å². The van der Waals surface area contributed by atoms with Crippen LogP contribution in [0.1, 0.15) is 12.6 Å². The van der Waals surface area contributed by atoms with Crippen LogP contribution < -0.4 is 14.8 Å². The summed E-state index contributed by atoms with van der Waals surface area (Å²) in [5, 5.41) is 5.61. The first-order valence-corrected chi connectivity index (χ1v) is 10.7. The van der Waals surface area contributed by atoms with Gasteiger partial charge in [0.15, 0.2) is 5.75 Å². The molecule has 0 saturated carbocycles. The van der Waals surface area contributed by atoms with Gasteiger partial charge in [-0.15, -0.1) is 0 Å². The topological polar surface area (TPSA) is 60.5 Å². The van der Waals surface area contributed by atoms with Gasteiger partial charge in [0.2, 0.25) is 0 Å². The maximum absolute atomic E-state index is 11.6. The lowest BCUT2D eigenvalue weighted by Crippen LogP contribution is -2.05. The van der Waals surface area contributed by atoms with Gasteiger partial charge in [-0.3, -0.25) is 4.79 Å². The van der Waals surface area contributed by atoms with Gasteiger partial charge in [0.05, 0.1) is 32.6 Å². The number of esters is 1. The van der Waals surface area contributed by atoms with Crippen LogP contribution in [0.3, 0.4) is 0 Å². The number of rotatable bonds is 6. The number of nitrogens with zero attached hydrogens (tertiary/aromatic N) is 1. The first-order chi connectivity index (χ1) is 15.4. The summed E-state index contributed by atoms with van der Waals surface area (Å²) in [6.07, 6.45) is 0. The summed E-state index contributed by atoms with van der Waals surface area (Å²) >= 11 is 18.5. The molecule has 0 atom stereocenters. The first-order valence-electron chi connectivity index (χ1n) is 9.60. The van der Waals surface area contributed by atoms with Gasteiger partial charge >= 0.3 is 5.97 Å². The van der Waals surface area contributed by atoms with Crippen molar-refractivity contribution in [2.45, 2.75) is 13.5 Å². The number of ether oxygens (including phenoxy) is 2. The van der Waals surface area contributed by atoms with Gasteiger partial charge in [0.1, 0.15) is 12.4 Å². The Labute approximate surface area is 199 Å². The fourth-order valence-corrected chi connectivity index (χ4v) is 3.72. The van der Waals surface area contributed by atoms with Crippen molar-refractivity contribution in [3.05, 3.63) is 87.5 Å². The fourth-order valence-electron chi connectivity index (χ4n) is 3.06. The van der Waals surface area contributed by atoms with Crippen LogP contribution in [0.2, 0.25) is 15.1 Å². The van der Waals surface area contributed by atoms with Crippen molar-refractivity contribution < 1.29 is 14.3 Å². The predicted octanol–water partition coefficient (Wildman–Crippen LogP) is 7.44. The number of nitrogens with one attached hydrogen (secondary N) is 1. The third kappa shape index (κ3) is 5.25. The first kappa shape index (κ1) is 22.2. The normalized spacial score (nSPS) is 10.8. The third-order valence-electron chi connectivity index (χ3n) is 4.53. The average molecular weight is 488 g/mol. The molecule has 0 unspecified atom stereocenters.